The molecule has 0 atom stereocenters. The van der Waals surface area contributed by atoms with Crippen LogP contribution in [0.25, 0.3) is 10.9 Å². The molecule has 0 N–H and O–H groups in total. The van der Waals surface area contributed by atoms with Crippen LogP contribution in [0.2, 0.25) is 5.02 Å². The Morgan fingerprint density at radius 3 is 3.00 bits per heavy atom. The number of fused-ring (bicyclic) bond motifs is 1. The van der Waals surface area contributed by atoms with Gasteiger partial charge in [-0.25, -0.2) is 0 Å². The normalized spacial score (nSPS) is 10.6. The molecule has 0 aliphatic carbocycles. The van der Waals surface area contributed by atoms with E-state index in [4.69, 9.17) is 11.6 Å². The van der Waals surface area contributed by atoms with Crippen LogP contribution in [0.15, 0.2) is 43.1 Å². The summed E-state index contributed by atoms with van der Waals surface area (Å²) in [5, 5.41) is 1.99. The van der Waals surface area contributed by atoms with Gasteiger partial charge in [-0.2, -0.15) is 0 Å². The predicted molar refractivity (Wildman–Crippen MR) is 61.8 cm³/mol. The third-order valence-corrected chi connectivity index (χ3v) is 2.54. The highest BCUT2D eigenvalue weighted by Gasteiger charge is 1.99. The number of nitrogens with zero attached hydrogens (tertiary/aromatic N) is 1. The standard InChI is InChI=1S/C12H12ClN/c1-2-3-7-14-8-6-10-9-11(13)4-5-12(10)14/h2,4-6,8-9H,1,3,7H2. The second-order valence-electron chi connectivity index (χ2n) is 3.29. The molecule has 14 heavy (non-hydrogen) atoms. The lowest BCUT2D eigenvalue weighted by atomic mass is 10.2. The molecule has 0 bridgehead atoms. The fraction of sp³-hybridized carbons (Fsp3) is 0.167. The molecule has 1 aromatic carbocycles. The van der Waals surface area contributed by atoms with Gasteiger partial charge in [-0.3, -0.25) is 0 Å². The second kappa shape index (κ2) is 3.89. The second-order valence-corrected chi connectivity index (χ2v) is 3.73. The summed E-state index contributed by atoms with van der Waals surface area (Å²) in [5.41, 5.74) is 1.23. The molecule has 0 fully saturated rings. The van der Waals surface area contributed by atoms with Crippen LogP contribution in [-0.2, 0) is 6.54 Å². The zero-order valence-electron chi connectivity index (χ0n) is 7.91. The van der Waals surface area contributed by atoms with Crippen LogP contribution < -0.4 is 0 Å². The van der Waals surface area contributed by atoms with Gasteiger partial charge in [0.15, 0.2) is 0 Å². The molecule has 0 saturated carbocycles. The van der Waals surface area contributed by atoms with Crippen molar-refractivity contribution in [2.24, 2.45) is 0 Å². The first-order valence-corrected chi connectivity index (χ1v) is 5.04. The molecule has 0 spiro atoms. The Morgan fingerprint density at radius 2 is 2.21 bits per heavy atom. The number of allylic oxidation sites excluding steroid dienone is 1. The molecular weight excluding hydrogens is 194 g/mol. The van der Waals surface area contributed by atoms with E-state index in [1.54, 1.807) is 0 Å². The lowest BCUT2D eigenvalue weighted by Gasteiger charge is -2.02. The van der Waals surface area contributed by atoms with E-state index in [0.717, 1.165) is 18.0 Å². The van der Waals surface area contributed by atoms with Gasteiger partial charge in [-0.15, -0.1) is 6.58 Å². The fourth-order valence-electron chi connectivity index (χ4n) is 1.60. The highest BCUT2D eigenvalue weighted by atomic mass is 35.5. The summed E-state index contributed by atoms with van der Waals surface area (Å²) < 4.78 is 2.22. The quantitative estimate of drug-likeness (QED) is 0.671. The molecular formula is C12H12ClN. The van der Waals surface area contributed by atoms with Gasteiger partial charge in [0.1, 0.15) is 0 Å². The minimum absolute atomic E-state index is 0.791. The highest BCUT2D eigenvalue weighted by molar-refractivity contribution is 6.31. The Kier molecular flexibility index (Phi) is 2.60. The zero-order chi connectivity index (χ0) is 9.97. The number of rotatable bonds is 3. The molecule has 2 heteroatoms. The third-order valence-electron chi connectivity index (χ3n) is 2.31. The van der Waals surface area contributed by atoms with Gasteiger partial charge in [-0.05, 0) is 30.7 Å². The molecule has 2 aromatic rings. The summed E-state index contributed by atoms with van der Waals surface area (Å²) in [6.45, 7) is 4.70. The van der Waals surface area contributed by atoms with E-state index in [2.05, 4.69) is 29.5 Å². The van der Waals surface area contributed by atoms with Crippen LogP contribution in [0.5, 0.6) is 0 Å². The van der Waals surface area contributed by atoms with Crippen molar-refractivity contribution in [3.05, 3.63) is 48.1 Å². The van der Waals surface area contributed by atoms with Crippen molar-refractivity contribution in [1.29, 1.82) is 0 Å². The molecule has 0 amide bonds. The van der Waals surface area contributed by atoms with Crippen molar-refractivity contribution in [2.75, 3.05) is 0 Å². The molecule has 0 aliphatic heterocycles. The molecule has 0 radical (unpaired) electrons. The third kappa shape index (κ3) is 1.68. The van der Waals surface area contributed by atoms with Crippen LogP contribution in [0.3, 0.4) is 0 Å². The monoisotopic (exact) mass is 205 g/mol. The van der Waals surface area contributed by atoms with Crippen molar-refractivity contribution in [3.8, 4) is 0 Å². The molecule has 1 heterocycles. The molecule has 1 nitrogen and oxygen atoms in total. The topological polar surface area (TPSA) is 4.93 Å². The first-order valence-electron chi connectivity index (χ1n) is 4.66. The highest BCUT2D eigenvalue weighted by Crippen LogP contribution is 2.20. The van der Waals surface area contributed by atoms with Crippen molar-refractivity contribution < 1.29 is 0 Å². The minimum Gasteiger partial charge on any atom is -0.347 e. The van der Waals surface area contributed by atoms with Gasteiger partial charge in [0.2, 0.25) is 0 Å². The Labute approximate surface area is 88.6 Å². The van der Waals surface area contributed by atoms with Crippen molar-refractivity contribution in [1.82, 2.24) is 4.57 Å². The Hall–Kier alpha value is -1.21. The van der Waals surface area contributed by atoms with Crippen molar-refractivity contribution in [2.45, 2.75) is 13.0 Å². The van der Waals surface area contributed by atoms with Crippen molar-refractivity contribution >= 4 is 22.5 Å². The Morgan fingerprint density at radius 1 is 1.36 bits per heavy atom. The number of hydrogen-bond acceptors (Lipinski definition) is 0. The molecule has 0 aliphatic rings. The molecule has 0 saturated heterocycles. The molecule has 72 valence electrons. The van der Waals surface area contributed by atoms with E-state index in [1.807, 2.05) is 18.2 Å². The maximum Gasteiger partial charge on any atom is 0.0481 e. The summed E-state index contributed by atoms with van der Waals surface area (Å²) >= 11 is 5.91. The lowest BCUT2D eigenvalue weighted by Crippen LogP contribution is -1.93. The average molecular weight is 206 g/mol. The SMILES string of the molecule is C=CCCn1ccc2cc(Cl)ccc21. The van der Waals surface area contributed by atoms with Gasteiger partial charge in [-0.1, -0.05) is 17.7 Å². The van der Waals surface area contributed by atoms with Gasteiger partial charge in [0.25, 0.3) is 0 Å². The van der Waals surface area contributed by atoms with Gasteiger partial charge >= 0.3 is 0 Å². The summed E-state index contributed by atoms with van der Waals surface area (Å²) in [4.78, 5) is 0. The van der Waals surface area contributed by atoms with Crippen LogP contribution >= 0.6 is 11.6 Å². The first-order chi connectivity index (χ1) is 6.81. The van der Waals surface area contributed by atoms with Crippen molar-refractivity contribution in [3.63, 3.8) is 0 Å². The largest absolute Gasteiger partial charge is 0.347 e. The summed E-state index contributed by atoms with van der Waals surface area (Å²) in [6.07, 6.45) is 5.01. The maximum absolute atomic E-state index is 5.91. The van der Waals surface area contributed by atoms with E-state index in [9.17, 15) is 0 Å². The Balaban J connectivity index is 2.42. The van der Waals surface area contributed by atoms with Crippen LogP contribution in [0.4, 0.5) is 0 Å². The van der Waals surface area contributed by atoms with E-state index < -0.39 is 0 Å². The fourth-order valence-corrected chi connectivity index (χ4v) is 1.78. The smallest absolute Gasteiger partial charge is 0.0481 e. The van der Waals surface area contributed by atoms with Gasteiger partial charge < -0.3 is 4.57 Å². The first kappa shape index (κ1) is 9.35. The molecule has 1 aromatic heterocycles. The summed E-state index contributed by atoms with van der Waals surface area (Å²) in [7, 11) is 0. The van der Waals surface area contributed by atoms with E-state index in [0.29, 0.717) is 0 Å². The Bertz CT molecular complexity index is 456. The lowest BCUT2D eigenvalue weighted by molar-refractivity contribution is 0.739. The maximum atomic E-state index is 5.91. The van der Waals surface area contributed by atoms with Gasteiger partial charge in [0, 0.05) is 28.7 Å². The summed E-state index contributed by atoms with van der Waals surface area (Å²) in [6, 6.07) is 8.06. The van der Waals surface area contributed by atoms with Gasteiger partial charge in [0.05, 0.1) is 0 Å². The minimum atomic E-state index is 0.791. The zero-order valence-corrected chi connectivity index (χ0v) is 8.67. The van der Waals surface area contributed by atoms with E-state index >= 15 is 0 Å². The van der Waals surface area contributed by atoms with Crippen LogP contribution in [0, 0.1) is 0 Å². The van der Waals surface area contributed by atoms with E-state index in [1.165, 1.54) is 10.9 Å². The predicted octanol–water partition coefficient (Wildman–Crippen LogP) is 3.87. The number of aromatic nitrogens is 1. The van der Waals surface area contributed by atoms with Crippen LogP contribution in [-0.4, -0.2) is 4.57 Å². The number of hydrogen-bond donors (Lipinski definition) is 0. The average Bonchev–Trinajstić information content (AvgIpc) is 2.57. The van der Waals surface area contributed by atoms with Crippen LogP contribution in [0.1, 0.15) is 6.42 Å². The molecule has 2 rings (SSSR count). The number of halogens is 1. The molecule has 0 unspecified atom stereocenters. The number of benzene rings is 1. The number of aryl methyl sites for hydroxylation is 1. The summed E-state index contributed by atoms with van der Waals surface area (Å²) in [5.74, 6) is 0. The van der Waals surface area contributed by atoms with E-state index in [-0.39, 0.29) is 0 Å².